The monoisotopic (exact) mass is 270 g/mol. The molecule has 0 radical (unpaired) electrons. The summed E-state index contributed by atoms with van der Waals surface area (Å²) in [6, 6.07) is 10.6. The van der Waals surface area contributed by atoms with Gasteiger partial charge < -0.3 is 4.90 Å². The van der Waals surface area contributed by atoms with Gasteiger partial charge in [0, 0.05) is 4.88 Å². The highest BCUT2D eigenvalue weighted by molar-refractivity contribution is 7.19. The van der Waals surface area contributed by atoms with Crippen LogP contribution in [0.5, 0.6) is 0 Å². The van der Waals surface area contributed by atoms with Gasteiger partial charge >= 0.3 is 0 Å². The van der Waals surface area contributed by atoms with Crippen molar-refractivity contribution in [1.82, 2.24) is 4.90 Å². The summed E-state index contributed by atoms with van der Waals surface area (Å²) in [6.45, 7) is 5.82. The number of hydrogen-bond acceptors (Lipinski definition) is 3. The topological polar surface area (TPSA) is 27.0 Å². The number of hydrogen-bond donors (Lipinski definition) is 0. The smallest absolute Gasteiger partial charge is 0.101 e. The molecule has 1 fully saturated rings. The van der Waals surface area contributed by atoms with E-state index in [9.17, 15) is 5.26 Å². The van der Waals surface area contributed by atoms with Gasteiger partial charge in [-0.3, -0.25) is 0 Å². The third-order valence-corrected chi connectivity index (χ3v) is 5.47. The zero-order valence-electron chi connectivity index (χ0n) is 11.2. The quantitative estimate of drug-likeness (QED) is 0.825. The molecule has 1 aromatic carbocycles. The predicted octanol–water partition coefficient (Wildman–Crippen LogP) is 3.97. The van der Waals surface area contributed by atoms with E-state index in [0.29, 0.717) is 5.92 Å². The van der Waals surface area contributed by atoms with Gasteiger partial charge in [0.1, 0.15) is 6.07 Å². The second-order valence-corrected chi connectivity index (χ2v) is 6.28. The molecule has 3 rings (SSSR count). The number of piperidine rings is 1. The van der Waals surface area contributed by atoms with Crippen LogP contribution in [0.25, 0.3) is 10.1 Å². The third kappa shape index (κ3) is 2.39. The summed E-state index contributed by atoms with van der Waals surface area (Å²) in [4.78, 5) is 3.98. The van der Waals surface area contributed by atoms with Gasteiger partial charge in [-0.15, -0.1) is 11.3 Å². The molecule has 3 heteroatoms. The van der Waals surface area contributed by atoms with E-state index in [1.807, 2.05) is 23.5 Å². The molecular weight excluding hydrogens is 252 g/mol. The van der Waals surface area contributed by atoms with Crippen LogP contribution in [0.15, 0.2) is 24.3 Å². The molecule has 0 bridgehead atoms. The van der Waals surface area contributed by atoms with Crippen molar-refractivity contribution in [3.8, 4) is 6.07 Å². The lowest BCUT2D eigenvalue weighted by Crippen LogP contribution is -2.32. The lowest BCUT2D eigenvalue weighted by atomic mass is 9.95. The number of likely N-dealkylation sites (tertiary alicyclic amines) is 1. The molecule has 0 saturated carbocycles. The molecular formula is C16H18N2S. The van der Waals surface area contributed by atoms with Gasteiger partial charge in [-0.05, 0) is 55.9 Å². The van der Waals surface area contributed by atoms with Gasteiger partial charge in [0.15, 0.2) is 0 Å². The first-order chi connectivity index (χ1) is 9.31. The summed E-state index contributed by atoms with van der Waals surface area (Å²) in [5.74, 6) is 0.687. The molecule has 0 atom stereocenters. The van der Waals surface area contributed by atoms with E-state index < -0.39 is 0 Å². The van der Waals surface area contributed by atoms with Crippen molar-refractivity contribution in [2.24, 2.45) is 0 Å². The molecule has 19 heavy (non-hydrogen) atoms. The number of thiophene rings is 1. The van der Waals surface area contributed by atoms with Crippen LogP contribution in [0.4, 0.5) is 0 Å². The zero-order chi connectivity index (χ0) is 13.2. The van der Waals surface area contributed by atoms with Crippen LogP contribution >= 0.6 is 11.3 Å². The highest BCUT2D eigenvalue weighted by Gasteiger charge is 2.21. The first kappa shape index (κ1) is 12.7. The van der Waals surface area contributed by atoms with Crippen molar-refractivity contribution in [2.45, 2.75) is 25.7 Å². The van der Waals surface area contributed by atoms with E-state index in [2.05, 4.69) is 30.0 Å². The van der Waals surface area contributed by atoms with Crippen molar-refractivity contribution in [3.63, 3.8) is 0 Å². The SMILES string of the molecule is CCN1CCC(c2cc3cccc(C#N)c3s2)CC1. The van der Waals surface area contributed by atoms with Crippen LogP contribution in [0.2, 0.25) is 0 Å². The summed E-state index contributed by atoms with van der Waals surface area (Å²) in [5.41, 5.74) is 0.819. The van der Waals surface area contributed by atoms with E-state index in [1.54, 1.807) is 0 Å². The Morgan fingerprint density at radius 3 is 2.84 bits per heavy atom. The van der Waals surface area contributed by atoms with E-state index in [4.69, 9.17) is 0 Å². The minimum absolute atomic E-state index is 0.687. The summed E-state index contributed by atoms with van der Waals surface area (Å²) < 4.78 is 1.16. The van der Waals surface area contributed by atoms with Crippen molar-refractivity contribution in [3.05, 3.63) is 34.7 Å². The first-order valence-corrected chi connectivity index (χ1v) is 7.78. The van der Waals surface area contributed by atoms with Gasteiger partial charge in [0.25, 0.3) is 0 Å². The Kier molecular flexibility index (Phi) is 3.54. The molecule has 0 N–H and O–H groups in total. The maximum atomic E-state index is 9.17. The van der Waals surface area contributed by atoms with E-state index in [-0.39, 0.29) is 0 Å². The molecule has 1 aromatic heterocycles. The minimum atomic E-state index is 0.687. The lowest BCUT2D eigenvalue weighted by Gasteiger charge is -2.30. The molecule has 0 amide bonds. The van der Waals surface area contributed by atoms with E-state index in [0.717, 1.165) is 16.8 Å². The summed E-state index contributed by atoms with van der Waals surface area (Å²) in [7, 11) is 0. The van der Waals surface area contributed by atoms with E-state index >= 15 is 0 Å². The average molecular weight is 270 g/mol. The summed E-state index contributed by atoms with van der Waals surface area (Å²) in [6.07, 6.45) is 2.51. The largest absolute Gasteiger partial charge is 0.304 e. The second-order valence-electron chi connectivity index (χ2n) is 5.19. The molecule has 1 aliphatic rings. The van der Waals surface area contributed by atoms with Gasteiger partial charge in [0.05, 0.1) is 10.3 Å². The molecule has 2 heterocycles. The van der Waals surface area contributed by atoms with Crippen molar-refractivity contribution < 1.29 is 0 Å². The fourth-order valence-electron chi connectivity index (χ4n) is 2.91. The van der Waals surface area contributed by atoms with Crippen LogP contribution < -0.4 is 0 Å². The van der Waals surface area contributed by atoms with Crippen LogP contribution in [0.3, 0.4) is 0 Å². The van der Waals surface area contributed by atoms with Crippen LogP contribution in [-0.2, 0) is 0 Å². The molecule has 1 aliphatic heterocycles. The van der Waals surface area contributed by atoms with Crippen molar-refractivity contribution in [1.29, 1.82) is 5.26 Å². The fourth-order valence-corrected chi connectivity index (χ4v) is 4.20. The maximum absolute atomic E-state index is 9.17. The fraction of sp³-hybridized carbons (Fsp3) is 0.438. The molecule has 98 valence electrons. The standard InChI is InChI=1S/C16H18N2S/c1-2-18-8-6-12(7-9-18)15-10-13-4-3-5-14(11-17)16(13)19-15/h3-5,10,12H,2,6-9H2,1H3. The van der Waals surface area contributed by atoms with Crippen LogP contribution in [-0.4, -0.2) is 24.5 Å². The van der Waals surface area contributed by atoms with Gasteiger partial charge in [-0.1, -0.05) is 19.1 Å². The molecule has 0 unspecified atom stereocenters. The van der Waals surface area contributed by atoms with Crippen LogP contribution in [0, 0.1) is 11.3 Å². The average Bonchev–Trinajstić information content (AvgIpc) is 2.91. The molecule has 2 nitrogen and oxygen atoms in total. The Balaban J connectivity index is 1.88. The lowest BCUT2D eigenvalue weighted by molar-refractivity contribution is 0.223. The molecule has 1 saturated heterocycles. The Morgan fingerprint density at radius 2 is 2.16 bits per heavy atom. The van der Waals surface area contributed by atoms with Gasteiger partial charge in [-0.25, -0.2) is 0 Å². The Labute approximate surface area is 118 Å². The molecule has 0 spiro atoms. The maximum Gasteiger partial charge on any atom is 0.101 e. The molecule has 2 aromatic rings. The number of benzene rings is 1. The third-order valence-electron chi connectivity index (χ3n) is 4.12. The zero-order valence-corrected chi connectivity index (χ0v) is 12.0. The summed E-state index contributed by atoms with van der Waals surface area (Å²) >= 11 is 1.82. The van der Waals surface area contributed by atoms with E-state index in [1.165, 1.54) is 36.2 Å². The Morgan fingerprint density at radius 1 is 1.37 bits per heavy atom. The van der Waals surface area contributed by atoms with Crippen molar-refractivity contribution in [2.75, 3.05) is 19.6 Å². The Hall–Kier alpha value is -1.37. The van der Waals surface area contributed by atoms with Crippen molar-refractivity contribution >= 4 is 21.4 Å². The minimum Gasteiger partial charge on any atom is -0.304 e. The highest BCUT2D eigenvalue weighted by atomic mass is 32.1. The van der Waals surface area contributed by atoms with Gasteiger partial charge in [0.2, 0.25) is 0 Å². The first-order valence-electron chi connectivity index (χ1n) is 6.96. The normalized spacial score (nSPS) is 17.7. The number of nitrogens with zero attached hydrogens (tertiary/aromatic N) is 2. The second kappa shape index (κ2) is 5.32. The van der Waals surface area contributed by atoms with Crippen LogP contribution in [0.1, 0.15) is 36.1 Å². The Bertz CT molecular complexity index is 615. The highest BCUT2D eigenvalue weighted by Crippen LogP contribution is 2.37. The number of nitriles is 1. The van der Waals surface area contributed by atoms with Gasteiger partial charge in [-0.2, -0.15) is 5.26 Å². The number of fused-ring (bicyclic) bond motifs is 1. The number of rotatable bonds is 2. The predicted molar refractivity (Wildman–Crippen MR) is 80.6 cm³/mol. The summed E-state index contributed by atoms with van der Waals surface area (Å²) in [5, 5.41) is 10.4. The molecule has 0 aliphatic carbocycles.